The summed E-state index contributed by atoms with van der Waals surface area (Å²) in [6.07, 6.45) is 0. The Kier molecular flexibility index (Phi) is 5.02. The second-order valence-corrected chi connectivity index (χ2v) is 9.43. The number of hydrogen-bond donors (Lipinski definition) is 0. The Labute approximate surface area is 170 Å². The first kappa shape index (κ1) is 19.8. The van der Waals surface area contributed by atoms with Crippen LogP contribution in [0.25, 0.3) is 0 Å². The second-order valence-electron chi connectivity index (χ2n) is 7.49. The van der Waals surface area contributed by atoms with Crippen LogP contribution in [-0.4, -0.2) is 67.2 Å². The lowest BCUT2D eigenvalue weighted by molar-refractivity contribution is 0.0500. The number of amides is 2. The van der Waals surface area contributed by atoms with Crippen LogP contribution in [0.4, 0.5) is 0 Å². The van der Waals surface area contributed by atoms with E-state index in [1.54, 1.807) is 36.4 Å². The molecule has 1 saturated heterocycles. The van der Waals surface area contributed by atoms with Crippen LogP contribution in [0.15, 0.2) is 47.4 Å². The molecule has 0 spiro atoms. The fourth-order valence-corrected chi connectivity index (χ4v) is 5.21. The molecule has 0 N–H and O–H groups in total. The summed E-state index contributed by atoms with van der Waals surface area (Å²) in [5.41, 5.74) is 2.84. The summed E-state index contributed by atoms with van der Waals surface area (Å²) in [6, 6.07) is 12.0. The van der Waals surface area contributed by atoms with E-state index in [4.69, 9.17) is 0 Å². The minimum absolute atomic E-state index is 0.171. The summed E-state index contributed by atoms with van der Waals surface area (Å²) in [6.45, 7) is 5.56. The van der Waals surface area contributed by atoms with Crippen molar-refractivity contribution in [2.75, 3.05) is 32.8 Å². The third-order valence-corrected chi connectivity index (χ3v) is 7.56. The number of hydrogen-bond acceptors (Lipinski definition) is 5. The molecule has 2 amide bonds. The summed E-state index contributed by atoms with van der Waals surface area (Å²) < 4.78 is 27.4. The van der Waals surface area contributed by atoms with Crippen LogP contribution in [-0.2, 0) is 10.0 Å². The highest BCUT2D eigenvalue weighted by molar-refractivity contribution is 7.89. The molecule has 0 atom stereocenters. The average Bonchev–Trinajstić information content (AvgIpc) is 2.95. The van der Waals surface area contributed by atoms with Gasteiger partial charge in [-0.25, -0.2) is 8.42 Å². The van der Waals surface area contributed by atoms with Gasteiger partial charge in [0, 0.05) is 26.2 Å². The van der Waals surface area contributed by atoms with Crippen LogP contribution in [0.2, 0.25) is 0 Å². The maximum Gasteiger partial charge on any atom is 0.262 e. The first-order valence-electron chi connectivity index (χ1n) is 9.54. The number of fused-ring (bicyclic) bond motifs is 1. The highest BCUT2D eigenvalue weighted by Crippen LogP contribution is 2.24. The molecule has 2 heterocycles. The van der Waals surface area contributed by atoms with Crippen LogP contribution < -0.4 is 0 Å². The van der Waals surface area contributed by atoms with Gasteiger partial charge in [-0.15, -0.1) is 0 Å². The fourth-order valence-electron chi connectivity index (χ4n) is 3.70. The van der Waals surface area contributed by atoms with Gasteiger partial charge in [0.05, 0.1) is 22.7 Å². The minimum Gasteiger partial charge on any atom is -0.283 e. The number of carbonyl (C=O) groups is 2. The Morgan fingerprint density at radius 1 is 0.828 bits per heavy atom. The van der Waals surface area contributed by atoms with Crippen molar-refractivity contribution in [3.8, 4) is 0 Å². The third-order valence-electron chi connectivity index (χ3n) is 5.67. The monoisotopic (exact) mass is 413 g/mol. The van der Waals surface area contributed by atoms with Crippen molar-refractivity contribution in [1.82, 2.24) is 14.1 Å². The summed E-state index contributed by atoms with van der Waals surface area (Å²) >= 11 is 0. The van der Waals surface area contributed by atoms with Gasteiger partial charge in [-0.3, -0.25) is 19.4 Å². The van der Waals surface area contributed by atoms with Crippen molar-refractivity contribution >= 4 is 21.8 Å². The van der Waals surface area contributed by atoms with Crippen LogP contribution in [0.1, 0.15) is 31.8 Å². The molecule has 0 aliphatic carbocycles. The van der Waals surface area contributed by atoms with E-state index in [1.165, 1.54) is 9.21 Å². The van der Waals surface area contributed by atoms with Crippen molar-refractivity contribution in [2.45, 2.75) is 18.7 Å². The Morgan fingerprint density at radius 3 is 1.97 bits per heavy atom. The third kappa shape index (κ3) is 3.48. The lowest BCUT2D eigenvalue weighted by Gasteiger charge is -2.35. The molecule has 0 bridgehead atoms. The van der Waals surface area contributed by atoms with Crippen LogP contribution in [0, 0.1) is 13.8 Å². The van der Waals surface area contributed by atoms with Gasteiger partial charge in [-0.05, 0) is 49.2 Å². The molecule has 0 saturated carbocycles. The molecule has 2 aliphatic rings. The van der Waals surface area contributed by atoms with Crippen LogP contribution >= 0.6 is 0 Å². The Morgan fingerprint density at radius 2 is 1.41 bits per heavy atom. The minimum atomic E-state index is -3.56. The second kappa shape index (κ2) is 7.37. The molecule has 0 radical (unpaired) electrons. The van der Waals surface area contributed by atoms with Crippen molar-refractivity contribution in [3.63, 3.8) is 0 Å². The fraction of sp³-hybridized carbons (Fsp3) is 0.333. The quantitative estimate of drug-likeness (QED) is 0.715. The standard InChI is InChI=1S/C21H23N3O4S/c1-15-7-8-17(13-16(15)2)29(27,28)23-11-9-22(10-12-23)14-24-20(25)18-5-3-4-6-19(18)21(24)26/h3-8,13H,9-12,14H2,1-2H3. The Hall–Kier alpha value is -2.55. The number of piperazine rings is 1. The number of rotatable bonds is 4. The number of benzene rings is 2. The molecule has 29 heavy (non-hydrogen) atoms. The molecule has 8 heteroatoms. The summed E-state index contributed by atoms with van der Waals surface area (Å²) in [5.74, 6) is -0.591. The Balaban J connectivity index is 1.42. The summed E-state index contributed by atoms with van der Waals surface area (Å²) in [4.78, 5) is 28.5. The largest absolute Gasteiger partial charge is 0.283 e. The van der Waals surface area contributed by atoms with E-state index in [9.17, 15) is 18.0 Å². The van der Waals surface area contributed by atoms with E-state index in [1.807, 2.05) is 24.8 Å². The predicted molar refractivity (Wildman–Crippen MR) is 108 cm³/mol. The van der Waals surface area contributed by atoms with Gasteiger partial charge in [0.1, 0.15) is 0 Å². The topological polar surface area (TPSA) is 78.0 Å². The lowest BCUT2D eigenvalue weighted by atomic mass is 10.1. The van der Waals surface area contributed by atoms with Crippen molar-refractivity contribution < 1.29 is 18.0 Å². The van der Waals surface area contributed by atoms with Crippen LogP contribution in [0.5, 0.6) is 0 Å². The maximum atomic E-state index is 12.9. The molecule has 2 aliphatic heterocycles. The SMILES string of the molecule is Cc1ccc(S(=O)(=O)N2CCN(CN3C(=O)c4ccccc4C3=O)CC2)cc1C. The predicted octanol–water partition coefficient (Wildman–Crippen LogP) is 1.86. The summed E-state index contributed by atoms with van der Waals surface area (Å²) in [5, 5.41) is 0. The van der Waals surface area contributed by atoms with Gasteiger partial charge in [-0.1, -0.05) is 18.2 Å². The van der Waals surface area contributed by atoms with Gasteiger partial charge in [-0.2, -0.15) is 4.31 Å². The van der Waals surface area contributed by atoms with Gasteiger partial charge in [0.15, 0.2) is 0 Å². The molecule has 7 nitrogen and oxygen atoms in total. The molecule has 0 unspecified atom stereocenters. The lowest BCUT2D eigenvalue weighted by Crippen LogP contribution is -2.52. The Bertz CT molecular complexity index is 1050. The molecule has 0 aromatic heterocycles. The normalized spacial score (nSPS) is 18.3. The van der Waals surface area contributed by atoms with E-state index in [-0.39, 0.29) is 18.5 Å². The number of sulfonamides is 1. The highest BCUT2D eigenvalue weighted by atomic mass is 32.2. The molecule has 2 aromatic rings. The summed E-state index contributed by atoms with van der Waals surface area (Å²) in [7, 11) is -3.56. The van der Waals surface area contributed by atoms with Crippen LogP contribution in [0.3, 0.4) is 0 Å². The van der Waals surface area contributed by atoms with E-state index < -0.39 is 10.0 Å². The zero-order valence-electron chi connectivity index (χ0n) is 16.5. The number of aryl methyl sites for hydroxylation is 2. The molecule has 1 fully saturated rings. The van der Waals surface area contributed by atoms with E-state index in [0.29, 0.717) is 42.2 Å². The van der Waals surface area contributed by atoms with Gasteiger partial charge < -0.3 is 0 Å². The number of carbonyl (C=O) groups excluding carboxylic acids is 2. The zero-order valence-corrected chi connectivity index (χ0v) is 17.3. The molecular formula is C21H23N3O4S. The first-order chi connectivity index (χ1) is 13.8. The molecular weight excluding hydrogens is 390 g/mol. The molecule has 152 valence electrons. The van der Waals surface area contributed by atoms with E-state index >= 15 is 0 Å². The number of nitrogens with zero attached hydrogens (tertiary/aromatic N) is 3. The van der Waals surface area contributed by atoms with Gasteiger partial charge in [0.2, 0.25) is 10.0 Å². The number of imide groups is 1. The smallest absolute Gasteiger partial charge is 0.262 e. The van der Waals surface area contributed by atoms with Gasteiger partial charge >= 0.3 is 0 Å². The van der Waals surface area contributed by atoms with Crippen molar-refractivity contribution in [2.24, 2.45) is 0 Å². The van der Waals surface area contributed by atoms with Crippen molar-refractivity contribution in [1.29, 1.82) is 0 Å². The maximum absolute atomic E-state index is 12.9. The zero-order chi connectivity index (χ0) is 20.8. The first-order valence-corrected chi connectivity index (χ1v) is 11.0. The van der Waals surface area contributed by atoms with Gasteiger partial charge in [0.25, 0.3) is 11.8 Å². The molecule has 2 aromatic carbocycles. The van der Waals surface area contributed by atoms with E-state index in [2.05, 4.69) is 0 Å². The molecule has 4 rings (SSSR count). The average molecular weight is 413 g/mol. The van der Waals surface area contributed by atoms with Crippen molar-refractivity contribution in [3.05, 3.63) is 64.7 Å². The highest BCUT2D eigenvalue weighted by Gasteiger charge is 2.37. The van der Waals surface area contributed by atoms with E-state index in [0.717, 1.165) is 11.1 Å².